The molecule has 0 aliphatic carbocycles. The number of aliphatic hydroxyl groups excluding tert-OH is 2. The number of hydrogen-bond acceptors (Lipinski definition) is 8. The maximum absolute atomic E-state index is 11.0. The minimum atomic E-state index is -0.498. The van der Waals surface area contributed by atoms with E-state index in [-0.39, 0.29) is 24.4 Å². The molecule has 0 saturated carbocycles. The number of hydrogen-bond donors (Lipinski definition) is 6. The first-order valence-electron chi connectivity index (χ1n) is 21.4. The van der Waals surface area contributed by atoms with Crippen molar-refractivity contribution in [1.82, 2.24) is 16.3 Å². The SMILES string of the molecule is CC(O)CCCCCCC(O)[C@@H]1CCCCCCC[C@@H](CC(CCCC(C)C(C)CCCC2CCCCCCCCC(C)NN2)NN)OO1. The summed E-state index contributed by atoms with van der Waals surface area (Å²) in [5.74, 6) is 7.53. The predicted octanol–water partition coefficient (Wildman–Crippen LogP) is 9.32. The summed E-state index contributed by atoms with van der Waals surface area (Å²) < 4.78 is 0. The zero-order valence-electron chi connectivity index (χ0n) is 32.8. The van der Waals surface area contributed by atoms with Crippen molar-refractivity contribution in [1.29, 1.82) is 0 Å². The first kappa shape index (κ1) is 44.8. The normalized spacial score (nSPS) is 27.5. The molecular formula is C41H84N4O4. The number of unbranched alkanes of at least 4 members (excludes halogenated alkanes) is 3. The highest BCUT2D eigenvalue weighted by Gasteiger charge is 2.25. The van der Waals surface area contributed by atoms with Crippen molar-refractivity contribution in [3.05, 3.63) is 0 Å². The fourth-order valence-electron chi connectivity index (χ4n) is 7.94. The van der Waals surface area contributed by atoms with E-state index in [1.165, 1.54) is 103 Å². The van der Waals surface area contributed by atoms with Gasteiger partial charge in [0, 0.05) is 18.1 Å². The lowest BCUT2D eigenvalue weighted by molar-refractivity contribution is -0.366. The third-order valence-electron chi connectivity index (χ3n) is 11.8. The minimum Gasteiger partial charge on any atom is -0.393 e. The Bertz CT molecular complexity index is 746. The first-order valence-corrected chi connectivity index (χ1v) is 21.4. The lowest BCUT2D eigenvalue weighted by Crippen LogP contribution is -2.45. The van der Waals surface area contributed by atoms with Crippen molar-refractivity contribution in [3.8, 4) is 0 Å². The van der Waals surface area contributed by atoms with E-state index in [0.717, 1.165) is 83.0 Å². The zero-order chi connectivity index (χ0) is 35.5. The van der Waals surface area contributed by atoms with Gasteiger partial charge in [0.15, 0.2) is 0 Å². The molecule has 0 aromatic carbocycles. The molecule has 8 nitrogen and oxygen atoms in total. The van der Waals surface area contributed by atoms with Gasteiger partial charge in [-0.05, 0) is 83.5 Å². The van der Waals surface area contributed by atoms with Crippen LogP contribution in [0.3, 0.4) is 0 Å². The van der Waals surface area contributed by atoms with Crippen molar-refractivity contribution < 1.29 is 20.0 Å². The molecule has 2 saturated heterocycles. The molecule has 0 aromatic rings. The largest absolute Gasteiger partial charge is 0.393 e. The van der Waals surface area contributed by atoms with Crippen LogP contribution in [0.5, 0.6) is 0 Å². The number of nitrogens with one attached hydrogen (secondary N) is 3. The van der Waals surface area contributed by atoms with Gasteiger partial charge >= 0.3 is 0 Å². The summed E-state index contributed by atoms with van der Waals surface area (Å²) in [5, 5.41) is 20.5. The number of aliphatic hydroxyl groups is 2. The van der Waals surface area contributed by atoms with Gasteiger partial charge in [-0.3, -0.25) is 22.1 Å². The monoisotopic (exact) mass is 697 g/mol. The van der Waals surface area contributed by atoms with Gasteiger partial charge in [0.1, 0.15) is 6.10 Å². The molecule has 292 valence electrons. The summed E-state index contributed by atoms with van der Waals surface area (Å²) in [4.78, 5) is 12.2. The molecule has 0 bridgehead atoms. The average Bonchev–Trinajstić information content (AvgIpc) is 3.13. The molecule has 2 heterocycles. The third kappa shape index (κ3) is 23.1. The zero-order valence-corrected chi connectivity index (χ0v) is 32.8. The van der Waals surface area contributed by atoms with Crippen LogP contribution in [0.1, 0.15) is 207 Å². The van der Waals surface area contributed by atoms with Crippen LogP contribution in [0.15, 0.2) is 0 Å². The smallest absolute Gasteiger partial charge is 0.119 e. The molecule has 2 fully saturated rings. The molecule has 2 aliphatic rings. The van der Waals surface area contributed by atoms with Crippen molar-refractivity contribution in [3.63, 3.8) is 0 Å². The summed E-state index contributed by atoms with van der Waals surface area (Å²) in [6.45, 7) is 9.06. The molecule has 0 aromatic heterocycles. The number of hydrazine groups is 2. The van der Waals surface area contributed by atoms with Gasteiger partial charge < -0.3 is 10.2 Å². The van der Waals surface area contributed by atoms with Crippen molar-refractivity contribution in [2.24, 2.45) is 17.7 Å². The minimum absolute atomic E-state index is 0.00691. The number of nitrogens with two attached hydrogens (primary N) is 1. The van der Waals surface area contributed by atoms with E-state index in [2.05, 4.69) is 37.0 Å². The fourth-order valence-corrected chi connectivity index (χ4v) is 7.94. The second kappa shape index (κ2) is 29.2. The lowest BCUT2D eigenvalue weighted by atomic mass is 9.86. The third-order valence-corrected chi connectivity index (χ3v) is 11.8. The van der Waals surface area contributed by atoms with Crippen LogP contribution >= 0.6 is 0 Å². The molecule has 0 amide bonds. The van der Waals surface area contributed by atoms with Crippen LogP contribution in [-0.4, -0.2) is 52.8 Å². The highest BCUT2D eigenvalue weighted by atomic mass is 17.2. The molecular weight excluding hydrogens is 612 g/mol. The Morgan fingerprint density at radius 1 is 0.633 bits per heavy atom. The van der Waals surface area contributed by atoms with E-state index in [9.17, 15) is 10.2 Å². The van der Waals surface area contributed by atoms with Gasteiger partial charge in [-0.25, -0.2) is 9.78 Å². The second-order valence-corrected chi connectivity index (χ2v) is 16.6. The van der Waals surface area contributed by atoms with Crippen LogP contribution in [0.2, 0.25) is 0 Å². The molecule has 49 heavy (non-hydrogen) atoms. The van der Waals surface area contributed by atoms with E-state index < -0.39 is 6.10 Å². The van der Waals surface area contributed by atoms with E-state index in [1.807, 2.05) is 6.92 Å². The highest BCUT2D eigenvalue weighted by molar-refractivity contribution is 4.75. The van der Waals surface area contributed by atoms with Gasteiger partial charge in [-0.1, -0.05) is 136 Å². The molecule has 2 rings (SSSR count). The Morgan fingerprint density at radius 2 is 1.22 bits per heavy atom. The molecule has 7 unspecified atom stereocenters. The van der Waals surface area contributed by atoms with Gasteiger partial charge in [-0.2, -0.15) is 0 Å². The van der Waals surface area contributed by atoms with E-state index >= 15 is 0 Å². The fraction of sp³-hybridized carbons (Fsp3) is 1.00. The van der Waals surface area contributed by atoms with Gasteiger partial charge in [0.2, 0.25) is 0 Å². The summed E-state index contributed by atoms with van der Waals surface area (Å²) in [6, 6.07) is 1.35. The van der Waals surface area contributed by atoms with Crippen LogP contribution in [0.4, 0.5) is 0 Å². The predicted molar refractivity (Wildman–Crippen MR) is 206 cm³/mol. The summed E-state index contributed by atoms with van der Waals surface area (Å²) in [6.07, 6.45) is 31.5. The molecule has 8 heteroatoms. The molecule has 0 radical (unpaired) electrons. The summed E-state index contributed by atoms with van der Waals surface area (Å²) in [7, 11) is 0. The standard InChI is InChI=1S/C41H84N4O4/c1-33(22-20-27-37-26-16-9-6-5-8-14-24-35(3)44-45-37)34(2)23-21-28-38(43-42)32-39-29-17-10-7-11-19-31-41(49-48-39)40(47)30-18-13-12-15-25-36(4)46/h33-41,43-47H,5-32,42H2,1-4H3/t33?,34?,35?,36?,37?,38?,39-,40?,41-/m0/s1. The second-order valence-electron chi connectivity index (χ2n) is 16.6. The Morgan fingerprint density at radius 3 is 1.90 bits per heavy atom. The van der Waals surface area contributed by atoms with Crippen molar-refractivity contribution in [2.75, 3.05) is 0 Å². The Hall–Kier alpha value is -0.320. The van der Waals surface area contributed by atoms with Crippen LogP contribution < -0.4 is 22.1 Å². The average molecular weight is 697 g/mol. The first-order chi connectivity index (χ1) is 23.8. The van der Waals surface area contributed by atoms with Crippen LogP contribution in [0, 0.1) is 11.8 Å². The quantitative estimate of drug-likeness (QED) is 0.0323. The topological polar surface area (TPSA) is 121 Å². The highest BCUT2D eigenvalue weighted by Crippen LogP contribution is 2.26. The Labute approximate surface area is 303 Å². The summed E-state index contributed by atoms with van der Waals surface area (Å²) in [5.41, 5.74) is 10.4. The molecule has 9 atom stereocenters. The lowest BCUT2D eigenvalue weighted by Gasteiger charge is -2.27. The molecule has 2 aliphatic heterocycles. The molecule has 0 spiro atoms. The van der Waals surface area contributed by atoms with Crippen LogP contribution in [-0.2, 0) is 9.78 Å². The Balaban J connectivity index is 1.72. The van der Waals surface area contributed by atoms with E-state index in [1.54, 1.807) is 0 Å². The van der Waals surface area contributed by atoms with Gasteiger partial charge in [0.05, 0.1) is 18.3 Å². The molecule has 7 N–H and O–H groups in total. The van der Waals surface area contributed by atoms with Crippen molar-refractivity contribution in [2.45, 2.75) is 250 Å². The maximum Gasteiger partial charge on any atom is 0.119 e. The van der Waals surface area contributed by atoms with Crippen LogP contribution in [0.25, 0.3) is 0 Å². The maximum atomic E-state index is 11.0. The van der Waals surface area contributed by atoms with E-state index in [0.29, 0.717) is 18.0 Å². The number of rotatable bonds is 20. The van der Waals surface area contributed by atoms with E-state index in [4.69, 9.17) is 15.6 Å². The van der Waals surface area contributed by atoms with Gasteiger partial charge in [0.25, 0.3) is 0 Å². The summed E-state index contributed by atoms with van der Waals surface area (Å²) >= 11 is 0. The van der Waals surface area contributed by atoms with Gasteiger partial charge in [-0.15, -0.1) is 0 Å². The Kier molecular flexibility index (Phi) is 26.7. The van der Waals surface area contributed by atoms with Crippen molar-refractivity contribution >= 4 is 0 Å².